The zero-order valence-corrected chi connectivity index (χ0v) is 11.1. The molecule has 0 aliphatic heterocycles. The molecule has 0 heterocycles. The summed E-state index contributed by atoms with van der Waals surface area (Å²) in [5.74, 6) is 0.301. The van der Waals surface area contributed by atoms with E-state index in [1.165, 1.54) is 0 Å². The fourth-order valence-electron chi connectivity index (χ4n) is 1.96. The Bertz CT molecular complexity index is 527. The maximum atomic E-state index is 10.1. The number of hydrogen-bond donors (Lipinski definition) is 2. The quantitative estimate of drug-likeness (QED) is 0.823. The van der Waals surface area contributed by atoms with E-state index in [1.54, 1.807) is 6.07 Å². The molecule has 0 saturated carbocycles. The van der Waals surface area contributed by atoms with Gasteiger partial charge in [-0.2, -0.15) is 0 Å². The van der Waals surface area contributed by atoms with Gasteiger partial charge < -0.3 is 10.4 Å². The second kappa shape index (κ2) is 4.73. The number of anilines is 1. The van der Waals surface area contributed by atoms with Crippen molar-refractivity contribution in [3.05, 3.63) is 48.5 Å². The molecule has 0 radical (unpaired) electrons. The minimum atomic E-state index is -0.0443. The predicted octanol–water partition coefficient (Wildman–Crippen LogP) is 4.27. The second-order valence-electron chi connectivity index (χ2n) is 5.44. The van der Waals surface area contributed by atoms with Gasteiger partial charge in [-0.15, -0.1) is 0 Å². The molecule has 0 spiro atoms. The average Bonchev–Trinajstić information content (AvgIpc) is 2.28. The van der Waals surface area contributed by atoms with Crippen LogP contribution in [0.5, 0.6) is 5.75 Å². The molecule has 0 atom stereocenters. The van der Waals surface area contributed by atoms with Crippen LogP contribution in [0.4, 0.5) is 5.69 Å². The van der Waals surface area contributed by atoms with Gasteiger partial charge in [0, 0.05) is 16.8 Å². The molecule has 2 nitrogen and oxygen atoms in total. The highest BCUT2D eigenvalue weighted by Gasteiger charge is 2.15. The normalized spacial score (nSPS) is 11.3. The molecule has 2 heteroatoms. The SMILES string of the molecule is CC(C)(C)Nc1cccc(O)c1-c1ccccc1. The molecule has 0 aliphatic carbocycles. The summed E-state index contributed by atoms with van der Waals surface area (Å²) in [7, 11) is 0. The van der Waals surface area contributed by atoms with Gasteiger partial charge in [-0.3, -0.25) is 0 Å². The van der Waals surface area contributed by atoms with Crippen molar-refractivity contribution < 1.29 is 5.11 Å². The van der Waals surface area contributed by atoms with Gasteiger partial charge in [-0.25, -0.2) is 0 Å². The minimum Gasteiger partial charge on any atom is -0.507 e. The molecule has 0 bridgehead atoms. The van der Waals surface area contributed by atoms with Gasteiger partial charge in [-0.05, 0) is 38.5 Å². The minimum absolute atomic E-state index is 0.0443. The third kappa shape index (κ3) is 2.83. The third-order valence-electron chi connectivity index (χ3n) is 2.61. The molecule has 2 aromatic rings. The fourth-order valence-corrected chi connectivity index (χ4v) is 1.96. The lowest BCUT2D eigenvalue weighted by Crippen LogP contribution is -2.26. The first kappa shape index (κ1) is 12.5. The lowest BCUT2D eigenvalue weighted by molar-refractivity contribution is 0.477. The molecule has 0 aromatic heterocycles. The van der Waals surface area contributed by atoms with Gasteiger partial charge >= 0.3 is 0 Å². The second-order valence-corrected chi connectivity index (χ2v) is 5.44. The molecule has 0 fully saturated rings. The third-order valence-corrected chi connectivity index (χ3v) is 2.61. The number of phenols is 1. The van der Waals surface area contributed by atoms with E-state index in [0.29, 0.717) is 5.75 Å². The van der Waals surface area contributed by atoms with E-state index >= 15 is 0 Å². The summed E-state index contributed by atoms with van der Waals surface area (Å²) in [5, 5.41) is 13.5. The van der Waals surface area contributed by atoms with Crippen molar-refractivity contribution in [2.75, 3.05) is 5.32 Å². The van der Waals surface area contributed by atoms with Crippen LogP contribution in [0, 0.1) is 0 Å². The van der Waals surface area contributed by atoms with Crippen LogP contribution in [0.3, 0.4) is 0 Å². The number of nitrogens with one attached hydrogen (secondary N) is 1. The summed E-state index contributed by atoms with van der Waals surface area (Å²) < 4.78 is 0. The fraction of sp³-hybridized carbons (Fsp3) is 0.250. The first-order valence-electron chi connectivity index (χ1n) is 6.13. The Hall–Kier alpha value is -1.96. The summed E-state index contributed by atoms with van der Waals surface area (Å²) >= 11 is 0. The zero-order chi connectivity index (χ0) is 13.2. The Morgan fingerprint density at radius 2 is 1.56 bits per heavy atom. The maximum Gasteiger partial charge on any atom is 0.125 e. The van der Waals surface area contributed by atoms with Crippen LogP contribution in [0.1, 0.15) is 20.8 Å². The smallest absolute Gasteiger partial charge is 0.125 e. The predicted molar refractivity (Wildman–Crippen MR) is 76.9 cm³/mol. The first-order valence-corrected chi connectivity index (χ1v) is 6.13. The van der Waals surface area contributed by atoms with Gasteiger partial charge in [0.1, 0.15) is 5.75 Å². The van der Waals surface area contributed by atoms with Crippen LogP contribution in [0.2, 0.25) is 0 Å². The van der Waals surface area contributed by atoms with Crippen LogP contribution in [0.15, 0.2) is 48.5 Å². The highest BCUT2D eigenvalue weighted by Crippen LogP contribution is 2.36. The number of phenolic OH excluding ortho intramolecular Hbond substituents is 1. The Morgan fingerprint density at radius 1 is 0.889 bits per heavy atom. The van der Waals surface area contributed by atoms with Crippen molar-refractivity contribution in [2.24, 2.45) is 0 Å². The molecule has 0 aliphatic rings. The largest absolute Gasteiger partial charge is 0.507 e. The average molecular weight is 241 g/mol. The summed E-state index contributed by atoms with van der Waals surface area (Å²) in [6.45, 7) is 6.31. The molecule has 94 valence electrons. The Kier molecular flexibility index (Phi) is 3.28. The van der Waals surface area contributed by atoms with E-state index < -0.39 is 0 Å². The topological polar surface area (TPSA) is 32.3 Å². The van der Waals surface area contributed by atoms with Crippen molar-refractivity contribution in [3.8, 4) is 16.9 Å². The van der Waals surface area contributed by atoms with E-state index in [9.17, 15) is 5.11 Å². The van der Waals surface area contributed by atoms with Gasteiger partial charge in [-0.1, -0.05) is 36.4 Å². The number of hydrogen-bond acceptors (Lipinski definition) is 2. The van der Waals surface area contributed by atoms with Crippen LogP contribution in [-0.2, 0) is 0 Å². The van der Waals surface area contributed by atoms with Crippen molar-refractivity contribution >= 4 is 5.69 Å². The highest BCUT2D eigenvalue weighted by atomic mass is 16.3. The van der Waals surface area contributed by atoms with Crippen LogP contribution in [0.25, 0.3) is 11.1 Å². The van der Waals surface area contributed by atoms with Crippen molar-refractivity contribution in [1.82, 2.24) is 0 Å². The molecule has 0 unspecified atom stereocenters. The Labute approximate surface area is 108 Å². The summed E-state index contributed by atoms with van der Waals surface area (Å²) in [5.41, 5.74) is 2.78. The maximum absolute atomic E-state index is 10.1. The number of aromatic hydroxyl groups is 1. The first-order chi connectivity index (χ1) is 8.47. The molecular weight excluding hydrogens is 222 g/mol. The number of benzene rings is 2. The lowest BCUT2D eigenvalue weighted by Gasteiger charge is -2.24. The summed E-state index contributed by atoms with van der Waals surface area (Å²) in [4.78, 5) is 0. The van der Waals surface area contributed by atoms with E-state index in [0.717, 1.165) is 16.8 Å². The van der Waals surface area contributed by atoms with Crippen LogP contribution >= 0.6 is 0 Å². The highest BCUT2D eigenvalue weighted by molar-refractivity contribution is 5.83. The van der Waals surface area contributed by atoms with E-state index in [1.807, 2.05) is 42.5 Å². The standard InChI is InChI=1S/C16H19NO/c1-16(2,3)17-13-10-7-11-14(18)15(13)12-8-5-4-6-9-12/h4-11,17-18H,1-3H3. The van der Waals surface area contributed by atoms with E-state index in [2.05, 4.69) is 26.1 Å². The zero-order valence-electron chi connectivity index (χ0n) is 11.1. The lowest BCUT2D eigenvalue weighted by atomic mass is 10.00. The Morgan fingerprint density at radius 3 is 2.17 bits per heavy atom. The molecule has 0 amide bonds. The van der Waals surface area contributed by atoms with Gasteiger partial charge in [0.05, 0.1) is 0 Å². The van der Waals surface area contributed by atoms with Crippen molar-refractivity contribution in [2.45, 2.75) is 26.3 Å². The molecule has 2 N–H and O–H groups in total. The monoisotopic (exact) mass is 241 g/mol. The van der Waals surface area contributed by atoms with E-state index in [4.69, 9.17) is 0 Å². The molecule has 0 saturated heterocycles. The molecule has 2 aromatic carbocycles. The van der Waals surface area contributed by atoms with Gasteiger partial charge in [0.2, 0.25) is 0 Å². The molecule has 18 heavy (non-hydrogen) atoms. The van der Waals surface area contributed by atoms with E-state index in [-0.39, 0.29) is 5.54 Å². The summed E-state index contributed by atoms with van der Waals surface area (Å²) in [6.07, 6.45) is 0. The molecular formula is C16H19NO. The molecule has 2 rings (SSSR count). The van der Waals surface area contributed by atoms with Gasteiger partial charge in [0.25, 0.3) is 0 Å². The number of rotatable bonds is 2. The van der Waals surface area contributed by atoms with Crippen LogP contribution < -0.4 is 5.32 Å². The van der Waals surface area contributed by atoms with Crippen molar-refractivity contribution in [3.63, 3.8) is 0 Å². The van der Waals surface area contributed by atoms with Crippen molar-refractivity contribution in [1.29, 1.82) is 0 Å². The Balaban J connectivity index is 2.52. The summed E-state index contributed by atoms with van der Waals surface area (Å²) in [6, 6.07) is 15.5. The van der Waals surface area contributed by atoms with Crippen LogP contribution in [-0.4, -0.2) is 10.6 Å². The van der Waals surface area contributed by atoms with Gasteiger partial charge in [0.15, 0.2) is 0 Å².